The van der Waals surface area contributed by atoms with E-state index in [1.165, 1.54) is 12.1 Å². The highest BCUT2D eigenvalue weighted by Gasteiger charge is 2.33. The van der Waals surface area contributed by atoms with E-state index < -0.39 is 0 Å². The fraction of sp³-hybridized carbons (Fsp3) is 0.400. The SMILES string of the molecule is O=C(CC(=O)N1CCn2cccc2[C@H]1c1ccc(F)cc1)N1CCOCC1. The van der Waals surface area contributed by atoms with Crippen molar-refractivity contribution in [2.75, 3.05) is 32.8 Å². The number of benzene rings is 1. The van der Waals surface area contributed by atoms with Gasteiger partial charge in [0.15, 0.2) is 0 Å². The van der Waals surface area contributed by atoms with Crippen LogP contribution < -0.4 is 0 Å². The zero-order valence-corrected chi connectivity index (χ0v) is 15.0. The summed E-state index contributed by atoms with van der Waals surface area (Å²) in [5.74, 6) is -0.680. The molecule has 2 aromatic rings. The minimum atomic E-state index is -0.320. The van der Waals surface area contributed by atoms with Crippen LogP contribution in [0.2, 0.25) is 0 Å². The lowest BCUT2D eigenvalue weighted by Crippen LogP contribution is -2.46. The van der Waals surface area contributed by atoms with E-state index >= 15 is 0 Å². The minimum Gasteiger partial charge on any atom is -0.378 e. The molecule has 1 fully saturated rings. The van der Waals surface area contributed by atoms with Gasteiger partial charge in [-0.3, -0.25) is 9.59 Å². The standard InChI is InChI=1S/C20H22FN3O3/c21-16-5-3-15(4-6-16)20-17-2-1-7-22(17)8-9-24(20)19(26)14-18(25)23-10-12-27-13-11-23/h1-7,20H,8-14H2/t20-/m1/s1. The second-order valence-corrected chi connectivity index (χ2v) is 6.84. The molecular weight excluding hydrogens is 349 g/mol. The first-order valence-electron chi connectivity index (χ1n) is 9.19. The largest absolute Gasteiger partial charge is 0.378 e. The Bertz CT molecular complexity index is 827. The number of carbonyl (C=O) groups excluding carboxylic acids is 2. The Morgan fingerprint density at radius 1 is 1.00 bits per heavy atom. The van der Waals surface area contributed by atoms with E-state index in [2.05, 4.69) is 4.57 Å². The molecule has 1 aromatic carbocycles. The van der Waals surface area contributed by atoms with Gasteiger partial charge in [-0.1, -0.05) is 12.1 Å². The molecule has 0 unspecified atom stereocenters. The Morgan fingerprint density at radius 3 is 2.48 bits per heavy atom. The zero-order chi connectivity index (χ0) is 18.8. The van der Waals surface area contributed by atoms with Crippen LogP contribution >= 0.6 is 0 Å². The van der Waals surface area contributed by atoms with Gasteiger partial charge in [0.2, 0.25) is 11.8 Å². The summed E-state index contributed by atoms with van der Waals surface area (Å²) in [6.45, 7) is 3.26. The third kappa shape index (κ3) is 3.60. The molecule has 0 N–H and O–H groups in total. The Balaban J connectivity index is 1.57. The second-order valence-electron chi connectivity index (χ2n) is 6.84. The van der Waals surface area contributed by atoms with Crippen molar-refractivity contribution in [2.45, 2.75) is 19.0 Å². The Morgan fingerprint density at radius 2 is 1.74 bits per heavy atom. The number of ether oxygens (including phenoxy) is 1. The second kappa shape index (κ2) is 7.52. The lowest BCUT2D eigenvalue weighted by molar-refractivity contribution is -0.144. The number of hydrogen-bond donors (Lipinski definition) is 0. The lowest BCUT2D eigenvalue weighted by atomic mass is 9.99. The lowest BCUT2D eigenvalue weighted by Gasteiger charge is -2.38. The molecule has 1 aromatic heterocycles. The maximum Gasteiger partial charge on any atom is 0.232 e. The number of carbonyl (C=O) groups is 2. The fourth-order valence-corrected chi connectivity index (χ4v) is 3.80. The third-order valence-corrected chi connectivity index (χ3v) is 5.21. The highest BCUT2D eigenvalue weighted by atomic mass is 19.1. The normalized spacial score (nSPS) is 19.7. The van der Waals surface area contributed by atoms with E-state index in [1.54, 1.807) is 21.9 Å². The maximum atomic E-state index is 13.4. The monoisotopic (exact) mass is 371 g/mol. The van der Waals surface area contributed by atoms with Crippen molar-refractivity contribution in [1.29, 1.82) is 0 Å². The molecule has 0 spiro atoms. The number of rotatable bonds is 3. The van der Waals surface area contributed by atoms with Crippen LogP contribution in [0.15, 0.2) is 42.6 Å². The van der Waals surface area contributed by atoms with Crippen molar-refractivity contribution in [3.05, 3.63) is 59.7 Å². The first-order valence-corrected chi connectivity index (χ1v) is 9.19. The predicted octanol–water partition coefficient (Wildman–Crippen LogP) is 1.81. The van der Waals surface area contributed by atoms with E-state index in [1.807, 2.05) is 18.3 Å². The van der Waals surface area contributed by atoms with Crippen molar-refractivity contribution < 1.29 is 18.7 Å². The number of fused-ring (bicyclic) bond motifs is 1. The van der Waals surface area contributed by atoms with Gasteiger partial charge < -0.3 is 19.1 Å². The molecule has 2 aliphatic heterocycles. The van der Waals surface area contributed by atoms with Crippen molar-refractivity contribution in [3.8, 4) is 0 Å². The van der Waals surface area contributed by atoms with Gasteiger partial charge in [0.25, 0.3) is 0 Å². The molecule has 7 heteroatoms. The summed E-state index contributed by atoms with van der Waals surface area (Å²) < 4.78 is 20.7. The average molecular weight is 371 g/mol. The van der Waals surface area contributed by atoms with Crippen molar-refractivity contribution >= 4 is 11.8 Å². The number of amides is 2. The summed E-state index contributed by atoms with van der Waals surface area (Å²) in [6, 6.07) is 9.80. The van der Waals surface area contributed by atoms with E-state index in [0.717, 1.165) is 11.3 Å². The van der Waals surface area contributed by atoms with Crippen LogP contribution in [-0.2, 0) is 20.9 Å². The number of hydrogen-bond acceptors (Lipinski definition) is 3. The molecule has 142 valence electrons. The Hall–Kier alpha value is -2.67. The van der Waals surface area contributed by atoms with Crippen molar-refractivity contribution in [2.24, 2.45) is 0 Å². The van der Waals surface area contributed by atoms with E-state index in [0.29, 0.717) is 39.4 Å². The van der Waals surface area contributed by atoms with Crippen LogP contribution in [0.4, 0.5) is 4.39 Å². The van der Waals surface area contributed by atoms with Crippen molar-refractivity contribution in [1.82, 2.24) is 14.4 Å². The summed E-state index contributed by atoms with van der Waals surface area (Å²) >= 11 is 0. The van der Waals surface area contributed by atoms with Gasteiger partial charge in [0.05, 0.1) is 19.3 Å². The van der Waals surface area contributed by atoms with E-state index in [-0.39, 0.29) is 30.1 Å². The van der Waals surface area contributed by atoms with Gasteiger partial charge in [-0.05, 0) is 29.8 Å². The molecule has 4 rings (SSSR count). The van der Waals surface area contributed by atoms with Gasteiger partial charge in [-0.25, -0.2) is 4.39 Å². The van der Waals surface area contributed by atoms with Gasteiger partial charge >= 0.3 is 0 Å². The molecule has 0 saturated carbocycles. The van der Waals surface area contributed by atoms with Crippen LogP contribution in [0.25, 0.3) is 0 Å². The van der Waals surface area contributed by atoms with Gasteiger partial charge in [0, 0.05) is 38.1 Å². The number of aromatic nitrogens is 1. The molecule has 0 radical (unpaired) electrons. The molecule has 27 heavy (non-hydrogen) atoms. The smallest absolute Gasteiger partial charge is 0.232 e. The summed E-state index contributed by atoms with van der Waals surface area (Å²) in [4.78, 5) is 28.9. The van der Waals surface area contributed by atoms with Crippen LogP contribution in [0, 0.1) is 5.82 Å². The summed E-state index contributed by atoms with van der Waals surface area (Å²) in [5.41, 5.74) is 1.81. The van der Waals surface area contributed by atoms with Crippen LogP contribution in [-0.4, -0.2) is 59.0 Å². The minimum absolute atomic E-state index is 0.154. The Kier molecular flexibility index (Phi) is 4.94. The molecule has 3 heterocycles. The Labute approximate surface area is 157 Å². The van der Waals surface area contributed by atoms with Crippen LogP contribution in [0.5, 0.6) is 0 Å². The molecule has 0 bridgehead atoms. The highest BCUT2D eigenvalue weighted by molar-refractivity contribution is 5.97. The van der Waals surface area contributed by atoms with Gasteiger partial charge in [-0.15, -0.1) is 0 Å². The summed E-state index contributed by atoms with van der Waals surface area (Å²) in [6.07, 6.45) is 1.82. The quantitative estimate of drug-likeness (QED) is 0.774. The van der Waals surface area contributed by atoms with Crippen LogP contribution in [0.3, 0.4) is 0 Å². The summed E-state index contributed by atoms with van der Waals surface area (Å²) in [7, 11) is 0. The summed E-state index contributed by atoms with van der Waals surface area (Å²) in [5, 5.41) is 0. The fourth-order valence-electron chi connectivity index (χ4n) is 3.80. The molecule has 1 atom stereocenters. The zero-order valence-electron chi connectivity index (χ0n) is 15.0. The molecule has 2 amide bonds. The van der Waals surface area contributed by atoms with Gasteiger partial charge in [0.1, 0.15) is 12.2 Å². The third-order valence-electron chi connectivity index (χ3n) is 5.21. The van der Waals surface area contributed by atoms with Crippen molar-refractivity contribution in [3.63, 3.8) is 0 Å². The number of halogens is 1. The number of morpholine rings is 1. The molecule has 6 nitrogen and oxygen atoms in total. The predicted molar refractivity (Wildman–Crippen MR) is 96.4 cm³/mol. The van der Waals surface area contributed by atoms with E-state index in [9.17, 15) is 14.0 Å². The highest BCUT2D eigenvalue weighted by Crippen LogP contribution is 2.33. The van der Waals surface area contributed by atoms with E-state index in [4.69, 9.17) is 4.74 Å². The van der Waals surface area contributed by atoms with Crippen LogP contribution in [0.1, 0.15) is 23.7 Å². The molecule has 2 aliphatic rings. The molecule has 0 aliphatic carbocycles. The topological polar surface area (TPSA) is 54.8 Å². The molecular formula is C20H22FN3O3. The maximum absolute atomic E-state index is 13.4. The average Bonchev–Trinajstić information content (AvgIpc) is 3.17. The number of nitrogens with zero attached hydrogens (tertiary/aromatic N) is 3. The first-order chi connectivity index (χ1) is 13.1. The first kappa shape index (κ1) is 17.7. The van der Waals surface area contributed by atoms with Gasteiger partial charge in [-0.2, -0.15) is 0 Å². The molecule has 1 saturated heterocycles.